The number of nitrogens with zero attached hydrogens (tertiary/aromatic N) is 3. The minimum absolute atomic E-state index is 0.0412. The smallest absolute Gasteiger partial charge is 0.338 e. The van der Waals surface area contributed by atoms with Crippen LogP contribution in [0.15, 0.2) is 12.1 Å². The molecule has 0 spiro atoms. The molecule has 1 aromatic rings. The number of nitro groups is 2. The van der Waals surface area contributed by atoms with Crippen molar-refractivity contribution in [1.82, 2.24) is 0 Å². The maximum absolute atomic E-state index is 11.7. The summed E-state index contributed by atoms with van der Waals surface area (Å²) in [7, 11) is 0. The zero-order chi connectivity index (χ0) is 16.3. The van der Waals surface area contributed by atoms with Crippen molar-refractivity contribution in [3.63, 3.8) is 0 Å². The van der Waals surface area contributed by atoms with Gasteiger partial charge in [0.05, 0.1) is 22.0 Å². The highest BCUT2D eigenvalue weighted by Crippen LogP contribution is 2.40. The summed E-state index contributed by atoms with van der Waals surface area (Å²) in [4.78, 5) is 34.5. The van der Waals surface area contributed by atoms with Gasteiger partial charge in [-0.2, -0.15) is 0 Å². The minimum atomic E-state index is -0.818. The quantitative estimate of drug-likeness (QED) is 0.465. The summed E-state index contributed by atoms with van der Waals surface area (Å²) in [6.07, 6.45) is 1.63. The van der Waals surface area contributed by atoms with Gasteiger partial charge in [-0.15, -0.1) is 0 Å². The van der Waals surface area contributed by atoms with Crippen molar-refractivity contribution in [2.75, 3.05) is 24.6 Å². The molecule has 0 unspecified atom stereocenters. The first-order valence-electron chi connectivity index (χ1n) is 6.84. The van der Waals surface area contributed by atoms with Gasteiger partial charge in [0.1, 0.15) is 0 Å². The van der Waals surface area contributed by atoms with Crippen LogP contribution in [0.25, 0.3) is 0 Å². The second-order valence-corrected chi connectivity index (χ2v) is 4.79. The van der Waals surface area contributed by atoms with E-state index in [-0.39, 0.29) is 17.9 Å². The topological polar surface area (TPSA) is 116 Å². The molecule has 0 aromatic heterocycles. The van der Waals surface area contributed by atoms with Crippen molar-refractivity contribution < 1.29 is 19.4 Å². The summed E-state index contributed by atoms with van der Waals surface area (Å²) >= 11 is 0. The van der Waals surface area contributed by atoms with Crippen LogP contribution < -0.4 is 4.90 Å². The van der Waals surface area contributed by atoms with E-state index >= 15 is 0 Å². The Labute approximate surface area is 125 Å². The fourth-order valence-electron chi connectivity index (χ4n) is 2.48. The molecule has 0 amide bonds. The molecule has 1 aromatic carbocycles. The van der Waals surface area contributed by atoms with Crippen LogP contribution in [0.2, 0.25) is 0 Å². The van der Waals surface area contributed by atoms with Crippen LogP contribution in [0.4, 0.5) is 17.1 Å². The van der Waals surface area contributed by atoms with Gasteiger partial charge in [-0.25, -0.2) is 4.79 Å². The summed E-state index contributed by atoms with van der Waals surface area (Å²) in [5.41, 5.74) is -1.12. The van der Waals surface area contributed by atoms with E-state index in [9.17, 15) is 25.0 Å². The highest BCUT2D eigenvalue weighted by atomic mass is 16.6. The Balaban J connectivity index is 2.62. The fraction of sp³-hybridized carbons (Fsp3) is 0.462. The molecule has 0 atom stereocenters. The van der Waals surface area contributed by atoms with Gasteiger partial charge < -0.3 is 9.64 Å². The first kappa shape index (κ1) is 15.7. The number of ether oxygens (including phenoxy) is 1. The molecule has 0 aliphatic carbocycles. The first-order chi connectivity index (χ1) is 10.5. The van der Waals surface area contributed by atoms with Gasteiger partial charge in [0, 0.05) is 25.2 Å². The molecule has 0 N–H and O–H groups in total. The van der Waals surface area contributed by atoms with E-state index in [1.165, 1.54) is 0 Å². The van der Waals surface area contributed by atoms with Gasteiger partial charge in [0.2, 0.25) is 0 Å². The average Bonchev–Trinajstić information content (AvgIpc) is 2.99. The molecule has 2 rings (SSSR count). The van der Waals surface area contributed by atoms with Gasteiger partial charge in [0.15, 0.2) is 5.69 Å². The molecule has 9 nitrogen and oxygen atoms in total. The van der Waals surface area contributed by atoms with Gasteiger partial charge >= 0.3 is 17.3 Å². The number of benzene rings is 1. The van der Waals surface area contributed by atoms with E-state index in [4.69, 9.17) is 4.74 Å². The molecule has 1 heterocycles. The molecule has 9 heteroatoms. The Morgan fingerprint density at radius 2 is 1.68 bits per heavy atom. The Kier molecular flexibility index (Phi) is 4.54. The van der Waals surface area contributed by atoms with Crippen LogP contribution in [-0.2, 0) is 4.74 Å². The summed E-state index contributed by atoms with van der Waals surface area (Å²) in [5.74, 6) is -0.818. The molecule has 1 fully saturated rings. The van der Waals surface area contributed by atoms with E-state index in [1.54, 1.807) is 11.8 Å². The van der Waals surface area contributed by atoms with Gasteiger partial charge in [-0.3, -0.25) is 20.2 Å². The van der Waals surface area contributed by atoms with Crippen LogP contribution >= 0.6 is 0 Å². The summed E-state index contributed by atoms with van der Waals surface area (Å²) < 4.78 is 4.77. The molecule has 0 saturated carbocycles. The molecule has 1 aliphatic rings. The molecule has 1 saturated heterocycles. The van der Waals surface area contributed by atoms with E-state index in [2.05, 4.69) is 0 Å². The number of anilines is 1. The predicted molar refractivity (Wildman–Crippen MR) is 77.2 cm³/mol. The van der Waals surface area contributed by atoms with E-state index < -0.39 is 27.2 Å². The fourth-order valence-corrected chi connectivity index (χ4v) is 2.48. The van der Waals surface area contributed by atoms with Crippen LogP contribution in [0.1, 0.15) is 30.1 Å². The number of hydrogen-bond donors (Lipinski definition) is 0. The zero-order valence-electron chi connectivity index (χ0n) is 12.0. The second kappa shape index (κ2) is 6.37. The number of carbonyl (C=O) groups excluding carboxylic acids is 1. The molecular weight excluding hydrogens is 294 g/mol. The molecule has 118 valence electrons. The van der Waals surface area contributed by atoms with Crippen LogP contribution in [-0.4, -0.2) is 35.5 Å². The molecule has 1 aliphatic heterocycles. The summed E-state index contributed by atoms with van der Waals surface area (Å²) in [5, 5.41) is 22.6. The van der Waals surface area contributed by atoms with Crippen molar-refractivity contribution in [3.8, 4) is 0 Å². The zero-order valence-corrected chi connectivity index (χ0v) is 12.0. The third-order valence-corrected chi connectivity index (χ3v) is 3.40. The Morgan fingerprint density at radius 1 is 1.18 bits per heavy atom. The maximum Gasteiger partial charge on any atom is 0.338 e. The first-order valence-corrected chi connectivity index (χ1v) is 6.84. The summed E-state index contributed by atoms with van der Waals surface area (Å²) in [6.45, 7) is 2.69. The predicted octanol–water partition coefficient (Wildman–Crippen LogP) is 2.28. The molecule has 0 radical (unpaired) electrons. The van der Waals surface area contributed by atoms with Crippen LogP contribution in [0.5, 0.6) is 0 Å². The van der Waals surface area contributed by atoms with Crippen LogP contribution in [0.3, 0.4) is 0 Å². The number of hydrogen-bond acceptors (Lipinski definition) is 7. The van der Waals surface area contributed by atoms with Crippen molar-refractivity contribution in [2.45, 2.75) is 19.8 Å². The Bertz CT molecular complexity index is 589. The lowest BCUT2D eigenvalue weighted by Gasteiger charge is -2.17. The molecular formula is C13H15N3O6. The van der Waals surface area contributed by atoms with Crippen molar-refractivity contribution in [3.05, 3.63) is 37.9 Å². The number of nitro benzene ring substituents is 2. The molecule has 0 bridgehead atoms. The highest BCUT2D eigenvalue weighted by Gasteiger charge is 2.33. The Morgan fingerprint density at radius 3 is 2.09 bits per heavy atom. The highest BCUT2D eigenvalue weighted by molar-refractivity contribution is 5.94. The lowest BCUT2D eigenvalue weighted by Crippen LogP contribution is -2.21. The normalized spacial score (nSPS) is 14.0. The van der Waals surface area contributed by atoms with E-state index in [0.29, 0.717) is 13.1 Å². The largest absolute Gasteiger partial charge is 0.462 e. The monoisotopic (exact) mass is 309 g/mol. The summed E-state index contributed by atoms with van der Waals surface area (Å²) in [6, 6.07) is 2.08. The number of esters is 1. The molecule has 22 heavy (non-hydrogen) atoms. The van der Waals surface area contributed by atoms with Gasteiger partial charge in [-0.1, -0.05) is 0 Å². The van der Waals surface area contributed by atoms with Crippen LogP contribution in [0, 0.1) is 20.2 Å². The third-order valence-electron chi connectivity index (χ3n) is 3.40. The Hall–Kier alpha value is -2.71. The maximum atomic E-state index is 11.7. The van der Waals surface area contributed by atoms with Crippen molar-refractivity contribution in [1.29, 1.82) is 0 Å². The van der Waals surface area contributed by atoms with Crippen molar-refractivity contribution in [2.24, 2.45) is 0 Å². The lowest BCUT2D eigenvalue weighted by atomic mass is 10.1. The lowest BCUT2D eigenvalue weighted by molar-refractivity contribution is -0.392. The van der Waals surface area contributed by atoms with Crippen molar-refractivity contribution >= 4 is 23.0 Å². The third kappa shape index (κ3) is 2.97. The SMILES string of the molecule is CCOC(=O)c1cc([N+](=O)[O-])c(N2CCCC2)c([N+](=O)[O-])c1. The number of rotatable bonds is 5. The van der Waals surface area contributed by atoms with E-state index in [0.717, 1.165) is 25.0 Å². The van der Waals surface area contributed by atoms with E-state index in [1.807, 2.05) is 0 Å². The standard InChI is InChI=1S/C13H15N3O6/c1-2-22-13(17)9-7-10(15(18)19)12(11(8-9)16(20)21)14-5-3-4-6-14/h7-8H,2-6H2,1H3. The second-order valence-electron chi connectivity index (χ2n) is 4.79. The number of carbonyl (C=O) groups is 1. The van der Waals surface area contributed by atoms with Gasteiger partial charge in [0.25, 0.3) is 0 Å². The van der Waals surface area contributed by atoms with Gasteiger partial charge in [-0.05, 0) is 19.8 Å². The average molecular weight is 309 g/mol. The minimum Gasteiger partial charge on any atom is -0.462 e.